The summed E-state index contributed by atoms with van der Waals surface area (Å²) in [6.07, 6.45) is 7.13. The molecule has 1 saturated carbocycles. The number of thioether (sulfide) groups is 1. The molecule has 0 unspecified atom stereocenters. The van der Waals surface area contributed by atoms with Crippen LogP contribution in [-0.2, 0) is 4.79 Å². The van der Waals surface area contributed by atoms with Crippen molar-refractivity contribution < 1.29 is 4.79 Å². The standard InChI is InChI=1S/C19H22N4OS/c1-14-5-6-16(11-15(14)2)23-10-9-21-18(23)25-12-17(24)22-19(13-20)7-3-4-8-19/h5-6,9-11H,3-4,7-8,12H2,1-2H3,(H,22,24). The Hall–Kier alpha value is -2.26. The van der Waals surface area contributed by atoms with Crippen molar-refractivity contribution in [3.8, 4) is 11.8 Å². The van der Waals surface area contributed by atoms with Crippen LogP contribution in [0.1, 0.15) is 36.8 Å². The molecule has 0 aliphatic heterocycles. The molecule has 2 aromatic rings. The summed E-state index contributed by atoms with van der Waals surface area (Å²) in [7, 11) is 0. The van der Waals surface area contributed by atoms with Gasteiger partial charge in [0.05, 0.1) is 11.8 Å². The normalized spacial score (nSPS) is 15.7. The number of imidazole rings is 1. The number of rotatable bonds is 5. The Balaban J connectivity index is 1.66. The lowest BCUT2D eigenvalue weighted by molar-refractivity contribution is -0.119. The third-order valence-electron chi connectivity index (χ3n) is 4.76. The molecule has 1 N–H and O–H groups in total. The number of amides is 1. The molecule has 1 heterocycles. The highest BCUT2D eigenvalue weighted by Crippen LogP contribution is 2.29. The second-order valence-corrected chi connectivity index (χ2v) is 7.53. The molecule has 5 nitrogen and oxygen atoms in total. The smallest absolute Gasteiger partial charge is 0.231 e. The van der Waals surface area contributed by atoms with Crippen molar-refractivity contribution in [2.75, 3.05) is 5.75 Å². The summed E-state index contributed by atoms with van der Waals surface area (Å²) in [4.78, 5) is 16.7. The van der Waals surface area contributed by atoms with E-state index >= 15 is 0 Å². The first-order chi connectivity index (χ1) is 12.0. The lowest BCUT2D eigenvalue weighted by Crippen LogP contribution is -2.45. The number of hydrogen-bond donors (Lipinski definition) is 1. The molecule has 1 aliphatic carbocycles. The number of aryl methyl sites for hydroxylation is 2. The molecule has 1 aromatic carbocycles. The van der Waals surface area contributed by atoms with Crippen LogP contribution in [-0.4, -0.2) is 26.8 Å². The number of nitriles is 1. The second kappa shape index (κ2) is 7.32. The zero-order valence-corrected chi connectivity index (χ0v) is 15.4. The van der Waals surface area contributed by atoms with Crippen LogP contribution in [0.25, 0.3) is 5.69 Å². The minimum absolute atomic E-state index is 0.108. The van der Waals surface area contributed by atoms with Crippen LogP contribution in [0.2, 0.25) is 0 Å². The number of nitrogens with one attached hydrogen (secondary N) is 1. The average Bonchev–Trinajstić information content (AvgIpc) is 3.25. The quantitative estimate of drug-likeness (QED) is 0.834. The van der Waals surface area contributed by atoms with Gasteiger partial charge in [0.1, 0.15) is 5.54 Å². The molecule has 1 fully saturated rings. The van der Waals surface area contributed by atoms with Gasteiger partial charge in [0.15, 0.2) is 5.16 Å². The van der Waals surface area contributed by atoms with Gasteiger partial charge in [-0.05, 0) is 62.8 Å². The van der Waals surface area contributed by atoms with Crippen LogP contribution in [0, 0.1) is 25.2 Å². The molecular formula is C19H22N4OS. The Morgan fingerprint density at radius 3 is 2.80 bits per heavy atom. The van der Waals surface area contributed by atoms with Crippen molar-refractivity contribution in [1.82, 2.24) is 14.9 Å². The number of hydrogen-bond acceptors (Lipinski definition) is 4. The fraction of sp³-hybridized carbons (Fsp3) is 0.421. The maximum atomic E-state index is 12.3. The van der Waals surface area contributed by atoms with Gasteiger partial charge in [0.2, 0.25) is 5.91 Å². The van der Waals surface area contributed by atoms with Crippen LogP contribution in [0.5, 0.6) is 0 Å². The van der Waals surface area contributed by atoms with E-state index in [1.165, 1.54) is 22.9 Å². The second-order valence-electron chi connectivity index (χ2n) is 6.59. The zero-order valence-electron chi connectivity index (χ0n) is 14.6. The molecule has 0 atom stereocenters. The molecule has 1 aromatic heterocycles. The first-order valence-electron chi connectivity index (χ1n) is 8.49. The summed E-state index contributed by atoms with van der Waals surface area (Å²) < 4.78 is 1.99. The summed E-state index contributed by atoms with van der Waals surface area (Å²) in [5.41, 5.74) is 2.84. The Morgan fingerprint density at radius 1 is 1.36 bits per heavy atom. The molecule has 1 amide bonds. The Morgan fingerprint density at radius 2 is 2.12 bits per heavy atom. The fourth-order valence-electron chi connectivity index (χ4n) is 3.14. The monoisotopic (exact) mass is 354 g/mol. The number of carbonyl (C=O) groups is 1. The van der Waals surface area contributed by atoms with Crippen molar-refractivity contribution in [3.63, 3.8) is 0 Å². The largest absolute Gasteiger partial charge is 0.337 e. The van der Waals surface area contributed by atoms with Gasteiger partial charge in [-0.2, -0.15) is 5.26 Å². The molecule has 0 bridgehead atoms. The van der Waals surface area contributed by atoms with E-state index in [1.807, 2.05) is 10.8 Å². The third-order valence-corrected chi connectivity index (χ3v) is 5.72. The van der Waals surface area contributed by atoms with Gasteiger partial charge in [-0.25, -0.2) is 4.98 Å². The molecule has 3 rings (SSSR count). The van der Waals surface area contributed by atoms with Gasteiger partial charge in [0, 0.05) is 18.1 Å². The van der Waals surface area contributed by atoms with Crippen LogP contribution in [0.3, 0.4) is 0 Å². The minimum Gasteiger partial charge on any atom is -0.337 e. The summed E-state index contributed by atoms with van der Waals surface area (Å²) in [5.74, 6) is 0.147. The highest BCUT2D eigenvalue weighted by atomic mass is 32.2. The van der Waals surface area contributed by atoms with Gasteiger partial charge in [-0.15, -0.1) is 0 Å². The van der Waals surface area contributed by atoms with E-state index in [4.69, 9.17) is 0 Å². The predicted octanol–water partition coefficient (Wildman–Crippen LogP) is 3.53. The van der Waals surface area contributed by atoms with Crippen molar-refractivity contribution >= 4 is 17.7 Å². The maximum Gasteiger partial charge on any atom is 0.231 e. The summed E-state index contributed by atoms with van der Waals surface area (Å²) in [6.45, 7) is 4.17. The van der Waals surface area contributed by atoms with E-state index < -0.39 is 5.54 Å². The molecule has 6 heteroatoms. The number of nitrogens with zero attached hydrogens (tertiary/aromatic N) is 3. The topological polar surface area (TPSA) is 70.7 Å². The lowest BCUT2D eigenvalue weighted by Gasteiger charge is -2.21. The first-order valence-corrected chi connectivity index (χ1v) is 9.48. The van der Waals surface area contributed by atoms with E-state index in [9.17, 15) is 10.1 Å². The summed E-state index contributed by atoms with van der Waals surface area (Å²) in [6, 6.07) is 8.54. The minimum atomic E-state index is -0.666. The van der Waals surface area contributed by atoms with E-state index in [-0.39, 0.29) is 11.7 Å². The Labute approximate surface area is 152 Å². The summed E-state index contributed by atoms with van der Waals surface area (Å²) >= 11 is 1.39. The first kappa shape index (κ1) is 17.6. The van der Waals surface area contributed by atoms with Crippen LogP contribution in [0.4, 0.5) is 0 Å². The Kier molecular flexibility index (Phi) is 5.14. The lowest BCUT2D eigenvalue weighted by atomic mass is 10.0. The number of aromatic nitrogens is 2. The molecule has 25 heavy (non-hydrogen) atoms. The van der Waals surface area contributed by atoms with Gasteiger partial charge < -0.3 is 5.32 Å². The van der Waals surface area contributed by atoms with E-state index in [0.29, 0.717) is 0 Å². The molecule has 0 saturated heterocycles. The van der Waals surface area contributed by atoms with Crippen LogP contribution in [0.15, 0.2) is 35.7 Å². The van der Waals surface area contributed by atoms with Crippen molar-refractivity contribution in [2.45, 2.75) is 50.2 Å². The molecule has 1 aliphatic rings. The highest BCUT2D eigenvalue weighted by Gasteiger charge is 2.35. The van der Waals surface area contributed by atoms with Crippen molar-refractivity contribution in [1.29, 1.82) is 5.26 Å². The molecule has 130 valence electrons. The van der Waals surface area contributed by atoms with Gasteiger partial charge in [0.25, 0.3) is 0 Å². The maximum absolute atomic E-state index is 12.3. The number of benzene rings is 1. The van der Waals surface area contributed by atoms with E-state index in [0.717, 1.165) is 36.5 Å². The summed E-state index contributed by atoms with van der Waals surface area (Å²) in [5, 5.41) is 13.1. The number of carbonyl (C=O) groups excluding carboxylic acids is 1. The zero-order chi connectivity index (χ0) is 17.9. The van der Waals surface area contributed by atoms with Gasteiger partial charge >= 0.3 is 0 Å². The molecular weight excluding hydrogens is 332 g/mol. The van der Waals surface area contributed by atoms with Crippen LogP contribution >= 0.6 is 11.8 Å². The third kappa shape index (κ3) is 3.88. The average molecular weight is 354 g/mol. The van der Waals surface area contributed by atoms with Crippen molar-refractivity contribution in [3.05, 3.63) is 41.7 Å². The molecule has 0 radical (unpaired) electrons. The highest BCUT2D eigenvalue weighted by molar-refractivity contribution is 7.99. The predicted molar refractivity (Wildman–Crippen MR) is 98.7 cm³/mol. The SMILES string of the molecule is Cc1ccc(-n2ccnc2SCC(=O)NC2(C#N)CCCC2)cc1C. The van der Waals surface area contributed by atoms with Gasteiger partial charge in [-0.1, -0.05) is 17.8 Å². The van der Waals surface area contributed by atoms with Crippen LogP contribution < -0.4 is 5.32 Å². The Bertz CT molecular complexity index is 815. The van der Waals surface area contributed by atoms with Crippen molar-refractivity contribution in [2.24, 2.45) is 0 Å². The fourth-order valence-corrected chi connectivity index (χ4v) is 3.92. The van der Waals surface area contributed by atoms with E-state index in [2.05, 4.69) is 48.4 Å². The molecule has 0 spiro atoms. The van der Waals surface area contributed by atoms with Gasteiger partial charge in [-0.3, -0.25) is 9.36 Å². The van der Waals surface area contributed by atoms with E-state index in [1.54, 1.807) is 6.20 Å².